The van der Waals surface area contributed by atoms with E-state index in [0.29, 0.717) is 25.7 Å². The van der Waals surface area contributed by atoms with Gasteiger partial charge in [0.2, 0.25) is 0 Å². The second-order valence-corrected chi connectivity index (χ2v) is 33.0. The maximum atomic E-state index is 13.1. The number of hydrogen-bond donors (Lipinski definition) is 3. The molecular formula is C79H154O17P2. The number of hydrogen-bond acceptors (Lipinski definition) is 15. The van der Waals surface area contributed by atoms with Crippen LogP contribution in [-0.4, -0.2) is 96.7 Å². The van der Waals surface area contributed by atoms with E-state index in [1.54, 1.807) is 0 Å². The summed E-state index contributed by atoms with van der Waals surface area (Å²) in [5.74, 6) is 0.945. The Morgan fingerprint density at radius 3 is 0.724 bits per heavy atom. The molecule has 19 heteroatoms. The first-order chi connectivity index (χ1) is 47.1. The number of phosphoric acid groups is 2. The van der Waals surface area contributed by atoms with Crippen molar-refractivity contribution in [1.29, 1.82) is 0 Å². The third-order valence-electron chi connectivity index (χ3n) is 18.7. The lowest BCUT2D eigenvalue weighted by Gasteiger charge is -2.21. The second-order valence-electron chi connectivity index (χ2n) is 30.1. The number of unbranched alkanes of at least 4 members (excludes halogenated alkanes) is 41. The highest BCUT2D eigenvalue weighted by Crippen LogP contribution is 2.45. The molecule has 0 heterocycles. The van der Waals surface area contributed by atoms with Gasteiger partial charge in [0.15, 0.2) is 12.2 Å². The normalized spacial score (nSPS) is 14.3. The Hall–Kier alpha value is -1.94. The zero-order valence-electron chi connectivity index (χ0n) is 64.4. The molecule has 6 atom stereocenters. The quantitative estimate of drug-likeness (QED) is 0.0222. The maximum absolute atomic E-state index is 13.1. The molecule has 0 radical (unpaired) electrons. The van der Waals surface area contributed by atoms with Gasteiger partial charge in [-0.05, 0) is 49.4 Å². The van der Waals surface area contributed by atoms with Crippen molar-refractivity contribution in [3.8, 4) is 0 Å². The van der Waals surface area contributed by atoms with Gasteiger partial charge in [0.05, 0.1) is 26.4 Å². The maximum Gasteiger partial charge on any atom is 0.472 e. The standard InChI is InChI=1S/C79H154O17P2/c1-9-72(8)58-50-42-37-38-44-52-60-77(82)90-66-75(96-79(84)62-54-46-36-30-29-33-41-49-57-71(6)7)68-94-98(87,88)92-64-73(80)63-91-97(85,86)93-67-74(65-89-76(81)59-51-43-34-27-23-19-16-12-14-18-22-26-32-40-48-56-70(4)5)95-78(83)61-53-45-35-28-24-20-15-11-10-13-17-21-25-31-39-47-55-69(2)3/h69-75,80H,9-68H2,1-8H3,(H,85,86)(H,87,88)/t72?,73-,74-,75-/m1/s1. The van der Waals surface area contributed by atoms with Crippen LogP contribution in [0.25, 0.3) is 0 Å². The third-order valence-corrected chi connectivity index (χ3v) is 20.6. The van der Waals surface area contributed by atoms with Crippen LogP contribution in [0.3, 0.4) is 0 Å². The van der Waals surface area contributed by atoms with E-state index in [4.69, 9.17) is 37.0 Å². The van der Waals surface area contributed by atoms with Crippen molar-refractivity contribution in [2.75, 3.05) is 39.6 Å². The summed E-state index contributed by atoms with van der Waals surface area (Å²) in [6.45, 7) is 14.2. The van der Waals surface area contributed by atoms with E-state index in [9.17, 15) is 43.2 Å². The summed E-state index contributed by atoms with van der Waals surface area (Å²) in [5.41, 5.74) is 0. The van der Waals surface area contributed by atoms with Crippen molar-refractivity contribution < 1.29 is 80.2 Å². The third kappa shape index (κ3) is 71.1. The van der Waals surface area contributed by atoms with Crippen molar-refractivity contribution >= 4 is 39.5 Å². The smallest absolute Gasteiger partial charge is 0.462 e. The Labute approximate surface area is 600 Å². The fourth-order valence-corrected chi connectivity index (χ4v) is 13.6. The summed E-state index contributed by atoms with van der Waals surface area (Å²) in [7, 11) is -9.92. The predicted molar refractivity (Wildman–Crippen MR) is 400 cm³/mol. The molecular weight excluding hydrogens is 1280 g/mol. The van der Waals surface area contributed by atoms with Gasteiger partial charge in [-0.3, -0.25) is 37.3 Å². The molecule has 0 bridgehead atoms. The number of ether oxygens (including phenoxy) is 4. The molecule has 0 aliphatic rings. The lowest BCUT2D eigenvalue weighted by molar-refractivity contribution is -0.161. The number of carbonyl (C=O) groups excluding carboxylic acids is 4. The van der Waals surface area contributed by atoms with Gasteiger partial charge >= 0.3 is 39.5 Å². The van der Waals surface area contributed by atoms with Crippen molar-refractivity contribution in [3.63, 3.8) is 0 Å². The number of carbonyl (C=O) groups is 4. The minimum absolute atomic E-state index is 0.103. The summed E-state index contributed by atoms with van der Waals surface area (Å²) in [6, 6.07) is 0. The molecule has 0 aromatic carbocycles. The van der Waals surface area contributed by atoms with E-state index in [2.05, 4.69) is 55.4 Å². The molecule has 98 heavy (non-hydrogen) atoms. The highest BCUT2D eigenvalue weighted by atomic mass is 31.2. The monoisotopic (exact) mass is 1440 g/mol. The molecule has 0 fully saturated rings. The average molecular weight is 1440 g/mol. The van der Waals surface area contributed by atoms with Gasteiger partial charge in [0.1, 0.15) is 19.3 Å². The molecule has 582 valence electrons. The van der Waals surface area contributed by atoms with Crippen molar-refractivity contribution in [3.05, 3.63) is 0 Å². The summed E-state index contributed by atoms with van der Waals surface area (Å²) >= 11 is 0. The fourth-order valence-electron chi connectivity index (χ4n) is 12.0. The molecule has 0 aromatic heterocycles. The van der Waals surface area contributed by atoms with Crippen LogP contribution in [0.4, 0.5) is 0 Å². The molecule has 0 aromatic rings. The van der Waals surface area contributed by atoms with Crippen LogP contribution < -0.4 is 0 Å². The van der Waals surface area contributed by atoms with E-state index in [1.165, 1.54) is 199 Å². The summed E-state index contributed by atoms with van der Waals surface area (Å²) in [4.78, 5) is 72.9. The minimum atomic E-state index is -4.96. The Bertz CT molecular complexity index is 1920. The second kappa shape index (κ2) is 68.2. The molecule has 0 aliphatic carbocycles. The zero-order valence-corrected chi connectivity index (χ0v) is 66.2. The molecule has 0 spiro atoms. The number of esters is 4. The molecule has 0 saturated carbocycles. The first-order valence-corrected chi connectivity index (χ1v) is 43.7. The topological polar surface area (TPSA) is 237 Å². The summed E-state index contributed by atoms with van der Waals surface area (Å²) < 4.78 is 68.6. The zero-order chi connectivity index (χ0) is 72.4. The highest BCUT2D eigenvalue weighted by molar-refractivity contribution is 7.47. The lowest BCUT2D eigenvalue weighted by atomic mass is 10.00. The van der Waals surface area contributed by atoms with Gasteiger partial charge in [-0.25, -0.2) is 9.13 Å². The first kappa shape index (κ1) is 96.1. The van der Waals surface area contributed by atoms with E-state index < -0.39 is 97.5 Å². The molecule has 3 unspecified atom stereocenters. The van der Waals surface area contributed by atoms with Gasteiger partial charge < -0.3 is 33.8 Å². The molecule has 0 amide bonds. The Kier molecular flexibility index (Phi) is 66.8. The Balaban J connectivity index is 5.23. The lowest BCUT2D eigenvalue weighted by Crippen LogP contribution is -2.30. The number of rotatable bonds is 76. The Morgan fingerprint density at radius 1 is 0.286 bits per heavy atom. The van der Waals surface area contributed by atoms with Crippen LogP contribution in [0, 0.1) is 23.7 Å². The van der Waals surface area contributed by atoms with E-state index >= 15 is 0 Å². The van der Waals surface area contributed by atoms with Crippen LogP contribution in [0.1, 0.15) is 402 Å². The largest absolute Gasteiger partial charge is 0.472 e. The SMILES string of the molecule is CCC(C)CCCCCCCCC(=O)OC[C@H](COP(=O)(O)OC[C@H](O)COP(=O)(O)OC[C@@H](COC(=O)CCCCCCCCCCCCCCCCCC(C)C)OC(=O)CCCCCCCCCCCCCCCCCCC(C)C)OC(=O)CCCCCCCCCCC(C)C. The van der Waals surface area contributed by atoms with E-state index in [-0.39, 0.29) is 25.7 Å². The fraction of sp³-hybridized carbons (Fsp3) is 0.949. The molecule has 3 N–H and O–H groups in total. The highest BCUT2D eigenvalue weighted by Gasteiger charge is 2.30. The van der Waals surface area contributed by atoms with Gasteiger partial charge in [-0.15, -0.1) is 0 Å². The van der Waals surface area contributed by atoms with Crippen LogP contribution in [0.15, 0.2) is 0 Å². The first-order valence-electron chi connectivity index (χ1n) is 40.7. The molecule has 17 nitrogen and oxygen atoms in total. The van der Waals surface area contributed by atoms with Gasteiger partial charge in [0.25, 0.3) is 0 Å². The molecule has 0 rings (SSSR count). The molecule has 0 saturated heterocycles. The number of phosphoric ester groups is 2. The number of aliphatic hydroxyl groups is 1. The van der Waals surface area contributed by atoms with E-state index in [0.717, 1.165) is 120 Å². The van der Waals surface area contributed by atoms with Crippen molar-refractivity contribution in [2.24, 2.45) is 23.7 Å². The van der Waals surface area contributed by atoms with Crippen LogP contribution in [0.2, 0.25) is 0 Å². The predicted octanol–water partition coefficient (Wildman–Crippen LogP) is 23.2. The minimum Gasteiger partial charge on any atom is -0.462 e. The van der Waals surface area contributed by atoms with Crippen LogP contribution in [0.5, 0.6) is 0 Å². The van der Waals surface area contributed by atoms with Gasteiger partial charge in [-0.1, -0.05) is 351 Å². The van der Waals surface area contributed by atoms with E-state index in [1.807, 2.05) is 0 Å². The van der Waals surface area contributed by atoms with Crippen molar-refractivity contribution in [2.45, 2.75) is 420 Å². The van der Waals surface area contributed by atoms with Crippen LogP contribution >= 0.6 is 15.6 Å². The number of aliphatic hydroxyl groups excluding tert-OH is 1. The summed E-state index contributed by atoms with van der Waals surface area (Å²) in [5, 5.41) is 10.6. The van der Waals surface area contributed by atoms with Crippen LogP contribution in [-0.2, 0) is 65.4 Å². The van der Waals surface area contributed by atoms with Gasteiger partial charge in [-0.2, -0.15) is 0 Å². The van der Waals surface area contributed by atoms with Crippen molar-refractivity contribution in [1.82, 2.24) is 0 Å². The molecule has 0 aliphatic heterocycles. The Morgan fingerprint density at radius 2 is 0.490 bits per heavy atom. The van der Waals surface area contributed by atoms with Gasteiger partial charge in [0, 0.05) is 25.7 Å². The summed E-state index contributed by atoms with van der Waals surface area (Å²) in [6.07, 6.45) is 54.3. The average Bonchev–Trinajstić information content (AvgIpc) is 0.983.